The van der Waals surface area contributed by atoms with Crippen molar-refractivity contribution in [3.63, 3.8) is 0 Å². The molecule has 0 radical (unpaired) electrons. The van der Waals surface area contributed by atoms with Gasteiger partial charge < -0.3 is 15.8 Å². The van der Waals surface area contributed by atoms with Crippen LogP contribution in [0.15, 0.2) is 72.1 Å². The minimum Gasteiger partial charge on any atom is -0.455 e. The number of rotatable bonds is 6. The van der Waals surface area contributed by atoms with Crippen LogP contribution in [0.25, 0.3) is 0 Å². The Balaban J connectivity index is 1.49. The third kappa shape index (κ3) is 4.56. The molecule has 0 saturated heterocycles. The van der Waals surface area contributed by atoms with Gasteiger partial charge in [-0.3, -0.25) is 19.6 Å². The Morgan fingerprint density at radius 1 is 1.19 bits per heavy atom. The molecule has 2 aromatic carbocycles. The van der Waals surface area contributed by atoms with Crippen molar-refractivity contribution >= 4 is 28.9 Å². The molecule has 1 aliphatic rings. The molecule has 4 rings (SSSR count). The number of anilines is 2. The summed E-state index contributed by atoms with van der Waals surface area (Å²) in [5.41, 5.74) is 7.45. The molecule has 8 nitrogen and oxygen atoms in total. The van der Waals surface area contributed by atoms with Crippen molar-refractivity contribution in [1.29, 1.82) is 0 Å². The predicted molar refractivity (Wildman–Crippen MR) is 118 cm³/mol. The number of primary amides is 1. The van der Waals surface area contributed by atoms with Crippen LogP contribution in [0.5, 0.6) is 11.5 Å². The topological polar surface area (TPSA) is 110 Å². The lowest BCUT2D eigenvalue weighted by molar-refractivity contribution is -0.119. The van der Waals surface area contributed by atoms with Crippen molar-refractivity contribution in [2.24, 2.45) is 10.8 Å². The molecule has 2 amide bonds. The molecule has 3 N–H and O–H groups in total. The third-order valence-corrected chi connectivity index (χ3v) is 4.89. The zero-order chi connectivity index (χ0) is 22.7. The second-order valence-corrected chi connectivity index (χ2v) is 7.22. The number of nitrogens with two attached hydrogens (primary N) is 1. The number of carbonyl (C=O) groups is 2. The quantitative estimate of drug-likeness (QED) is 0.619. The number of nitrogens with zero attached hydrogens (tertiary/aromatic N) is 3. The maximum absolute atomic E-state index is 13.2. The van der Waals surface area contributed by atoms with Crippen LogP contribution < -0.4 is 20.8 Å². The van der Waals surface area contributed by atoms with Crippen molar-refractivity contribution in [3.05, 3.63) is 78.4 Å². The van der Waals surface area contributed by atoms with Crippen molar-refractivity contribution < 1.29 is 18.7 Å². The van der Waals surface area contributed by atoms with E-state index in [1.807, 2.05) is 6.92 Å². The van der Waals surface area contributed by atoms with E-state index in [1.54, 1.807) is 42.7 Å². The molecule has 162 valence electrons. The lowest BCUT2D eigenvalue weighted by atomic mass is 10.1. The molecule has 3 aromatic rings. The van der Waals surface area contributed by atoms with Crippen molar-refractivity contribution in [1.82, 2.24) is 4.98 Å². The van der Waals surface area contributed by atoms with Gasteiger partial charge in [-0.15, -0.1) is 0 Å². The number of ether oxygens (including phenoxy) is 1. The Morgan fingerprint density at radius 3 is 2.62 bits per heavy atom. The van der Waals surface area contributed by atoms with Gasteiger partial charge in [0.05, 0.1) is 11.9 Å². The van der Waals surface area contributed by atoms with Gasteiger partial charge in [0.2, 0.25) is 5.91 Å². The van der Waals surface area contributed by atoms with Crippen molar-refractivity contribution in [2.45, 2.75) is 19.4 Å². The fraction of sp³-hybridized carbons (Fsp3) is 0.130. The lowest BCUT2D eigenvalue weighted by Gasteiger charge is -2.20. The fourth-order valence-electron chi connectivity index (χ4n) is 3.28. The number of hydrogen-bond acceptors (Lipinski definition) is 6. The Kier molecular flexibility index (Phi) is 5.80. The minimum absolute atomic E-state index is 0.0414. The summed E-state index contributed by atoms with van der Waals surface area (Å²) in [5.74, 6) is -0.275. The maximum atomic E-state index is 13.2. The molecule has 1 aliphatic heterocycles. The molecule has 32 heavy (non-hydrogen) atoms. The summed E-state index contributed by atoms with van der Waals surface area (Å²) >= 11 is 0. The van der Waals surface area contributed by atoms with Crippen LogP contribution in [0.4, 0.5) is 15.8 Å². The molecule has 9 heteroatoms. The van der Waals surface area contributed by atoms with E-state index >= 15 is 0 Å². The number of aryl methyl sites for hydroxylation is 1. The van der Waals surface area contributed by atoms with Gasteiger partial charge in [0.1, 0.15) is 29.1 Å². The molecule has 0 saturated carbocycles. The number of carbonyl (C=O) groups excluding carboxylic acids is 2. The SMILES string of the molecule is Cc1cc(NC(=O)C2=NN(c3ccc(F)cc3)C(C(N)=O)C2)ccc1Oc1cccnc1. The Labute approximate surface area is 183 Å². The number of aromatic nitrogens is 1. The van der Waals surface area contributed by atoms with Crippen LogP contribution in [0, 0.1) is 12.7 Å². The number of benzene rings is 2. The molecule has 1 unspecified atom stereocenters. The highest BCUT2D eigenvalue weighted by Crippen LogP contribution is 2.28. The van der Waals surface area contributed by atoms with Gasteiger partial charge in [0.25, 0.3) is 5.91 Å². The number of halogens is 1. The first-order chi connectivity index (χ1) is 15.4. The first-order valence-corrected chi connectivity index (χ1v) is 9.82. The van der Waals surface area contributed by atoms with E-state index in [1.165, 1.54) is 29.3 Å². The zero-order valence-electron chi connectivity index (χ0n) is 17.2. The molecule has 0 aliphatic carbocycles. The number of amides is 2. The number of nitrogens with one attached hydrogen (secondary N) is 1. The van der Waals surface area contributed by atoms with E-state index < -0.39 is 23.7 Å². The van der Waals surface area contributed by atoms with Gasteiger partial charge >= 0.3 is 0 Å². The lowest BCUT2D eigenvalue weighted by Crippen LogP contribution is -2.39. The molecule has 0 fully saturated rings. The molecule has 2 heterocycles. The molecule has 1 atom stereocenters. The van der Waals surface area contributed by atoms with Crippen LogP contribution in [0.2, 0.25) is 0 Å². The van der Waals surface area contributed by atoms with Crippen molar-refractivity contribution in [3.8, 4) is 11.5 Å². The van der Waals surface area contributed by atoms with Gasteiger partial charge in [-0.25, -0.2) is 4.39 Å². The van der Waals surface area contributed by atoms with Crippen LogP contribution in [0.3, 0.4) is 0 Å². The Morgan fingerprint density at radius 2 is 1.97 bits per heavy atom. The second kappa shape index (κ2) is 8.84. The summed E-state index contributed by atoms with van der Waals surface area (Å²) in [5, 5.41) is 8.39. The largest absolute Gasteiger partial charge is 0.455 e. The second-order valence-electron chi connectivity index (χ2n) is 7.22. The van der Waals surface area contributed by atoms with Gasteiger partial charge in [-0.2, -0.15) is 5.10 Å². The summed E-state index contributed by atoms with van der Waals surface area (Å²) in [6.45, 7) is 1.85. The highest BCUT2D eigenvalue weighted by atomic mass is 19.1. The van der Waals surface area contributed by atoms with Crippen LogP contribution >= 0.6 is 0 Å². The zero-order valence-corrected chi connectivity index (χ0v) is 17.2. The standard InChI is InChI=1S/C23H20FN5O3/c1-14-11-16(6-9-21(14)32-18-3-2-10-26-13-18)27-23(31)19-12-20(22(25)30)29(28-19)17-7-4-15(24)5-8-17/h2-11,13,20H,12H2,1H3,(H2,25,30)(H,27,31). The van der Waals surface area contributed by atoms with Gasteiger partial charge in [-0.05, 0) is 67.1 Å². The van der Waals surface area contributed by atoms with Gasteiger partial charge in [0, 0.05) is 18.3 Å². The van der Waals surface area contributed by atoms with Gasteiger partial charge in [-0.1, -0.05) is 0 Å². The number of hydrogen-bond donors (Lipinski definition) is 2. The first kappa shape index (κ1) is 21.0. The molecule has 0 spiro atoms. The number of hydrazone groups is 1. The van der Waals surface area contributed by atoms with Gasteiger partial charge in [0.15, 0.2) is 0 Å². The third-order valence-electron chi connectivity index (χ3n) is 4.89. The van der Waals surface area contributed by atoms with Crippen LogP contribution in [-0.4, -0.2) is 28.6 Å². The molecular formula is C23H20FN5O3. The first-order valence-electron chi connectivity index (χ1n) is 9.82. The maximum Gasteiger partial charge on any atom is 0.271 e. The molecular weight excluding hydrogens is 413 g/mol. The summed E-state index contributed by atoms with van der Waals surface area (Å²) < 4.78 is 19.0. The predicted octanol–water partition coefficient (Wildman–Crippen LogP) is 3.38. The monoisotopic (exact) mass is 433 g/mol. The number of pyridine rings is 1. The Hall–Kier alpha value is -4.27. The summed E-state index contributed by atoms with van der Waals surface area (Å²) in [6.07, 6.45) is 3.30. The highest BCUT2D eigenvalue weighted by molar-refractivity contribution is 6.44. The van der Waals surface area contributed by atoms with Crippen molar-refractivity contribution in [2.75, 3.05) is 10.3 Å². The highest BCUT2D eigenvalue weighted by Gasteiger charge is 2.35. The minimum atomic E-state index is -0.835. The smallest absolute Gasteiger partial charge is 0.271 e. The fourth-order valence-corrected chi connectivity index (χ4v) is 3.28. The average molecular weight is 433 g/mol. The van der Waals surface area contributed by atoms with E-state index in [0.717, 1.165) is 5.56 Å². The van der Waals surface area contributed by atoms with E-state index in [-0.39, 0.29) is 12.1 Å². The Bertz CT molecular complexity index is 1180. The van der Waals surface area contributed by atoms with Crippen LogP contribution in [-0.2, 0) is 9.59 Å². The summed E-state index contributed by atoms with van der Waals surface area (Å²) in [7, 11) is 0. The molecule has 1 aromatic heterocycles. The average Bonchev–Trinajstić information content (AvgIpc) is 3.23. The van der Waals surface area contributed by atoms with E-state index in [0.29, 0.717) is 22.9 Å². The summed E-state index contributed by atoms with van der Waals surface area (Å²) in [4.78, 5) is 28.7. The summed E-state index contributed by atoms with van der Waals surface area (Å²) in [6, 6.07) is 13.4. The van der Waals surface area contributed by atoms with E-state index in [9.17, 15) is 14.0 Å². The molecule has 0 bridgehead atoms. The normalized spacial score (nSPS) is 15.2. The van der Waals surface area contributed by atoms with E-state index in [2.05, 4.69) is 15.4 Å². The van der Waals surface area contributed by atoms with E-state index in [4.69, 9.17) is 10.5 Å². The van der Waals surface area contributed by atoms with Crippen LogP contribution in [0.1, 0.15) is 12.0 Å².